The van der Waals surface area contributed by atoms with Crippen molar-refractivity contribution in [1.82, 2.24) is 0 Å². The van der Waals surface area contributed by atoms with Gasteiger partial charge in [-0.2, -0.15) is 0 Å². The molecule has 0 aliphatic heterocycles. The first-order valence-electron chi connectivity index (χ1n) is 5.35. The van der Waals surface area contributed by atoms with E-state index in [1.165, 1.54) is 7.11 Å². The third-order valence-electron chi connectivity index (χ3n) is 3.30. The Morgan fingerprint density at radius 2 is 1.94 bits per heavy atom. The van der Waals surface area contributed by atoms with Crippen molar-refractivity contribution in [2.24, 2.45) is 5.73 Å². The van der Waals surface area contributed by atoms with Crippen molar-refractivity contribution in [3.05, 3.63) is 17.7 Å². The molecule has 0 heterocycles. The molecular weight excluding hydrogens is 206 g/mol. The maximum absolute atomic E-state index is 10.1. The number of rotatable bonds is 3. The second-order valence-corrected chi connectivity index (χ2v) is 4.21. The summed E-state index contributed by atoms with van der Waals surface area (Å²) in [6.07, 6.45) is 2.90. The van der Waals surface area contributed by atoms with Gasteiger partial charge in [-0.25, -0.2) is 0 Å². The lowest BCUT2D eigenvalue weighted by molar-refractivity contribution is 0.241. The second-order valence-electron chi connectivity index (χ2n) is 4.21. The standard InChI is InChI=1S/C12H17NO3/c1-15-9-5-4-8(10(14)11(9)16-2)12(13)6-3-7-12/h4-5,14H,3,6-7,13H2,1-2H3. The Bertz CT molecular complexity index is 399. The highest BCUT2D eigenvalue weighted by molar-refractivity contribution is 5.57. The minimum absolute atomic E-state index is 0.101. The van der Waals surface area contributed by atoms with Crippen molar-refractivity contribution in [3.63, 3.8) is 0 Å². The molecule has 4 nitrogen and oxygen atoms in total. The van der Waals surface area contributed by atoms with Crippen LogP contribution in [-0.2, 0) is 5.54 Å². The number of hydrogen-bond acceptors (Lipinski definition) is 4. The molecule has 16 heavy (non-hydrogen) atoms. The molecule has 0 spiro atoms. The fraction of sp³-hybridized carbons (Fsp3) is 0.500. The highest BCUT2D eigenvalue weighted by Gasteiger charge is 2.37. The minimum atomic E-state index is -0.399. The van der Waals surface area contributed by atoms with Crippen LogP contribution < -0.4 is 15.2 Å². The normalized spacial score (nSPS) is 17.7. The number of aromatic hydroxyl groups is 1. The van der Waals surface area contributed by atoms with Crippen molar-refractivity contribution in [1.29, 1.82) is 0 Å². The number of methoxy groups -OCH3 is 2. The van der Waals surface area contributed by atoms with Crippen molar-refractivity contribution >= 4 is 0 Å². The lowest BCUT2D eigenvalue weighted by atomic mass is 9.72. The van der Waals surface area contributed by atoms with Gasteiger partial charge in [0.2, 0.25) is 5.75 Å². The molecular formula is C12H17NO3. The maximum atomic E-state index is 10.1. The Morgan fingerprint density at radius 3 is 2.38 bits per heavy atom. The lowest BCUT2D eigenvalue weighted by Crippen LogP contribution is -2.43. The van der Waals surface area contributed by atoms with Crippen LogP contribution in [0.1, 0.15) is 24.8 Å². The van der Waals surface area contributed by atoms with Crippen LogP contribution in [0.25, 0.3) is 0 Å². The topological polar surface area (TPSA) is 64.7 Å². The van der Waals surface area contributed by atoms with E-state index in [1.54, 1.807) is 13.2 Å². The number of hydrogen-bond donors (Lipinski definition) is 2. The minimum Gasteiger partial charge on any atom is -0.504 e. The first-order valence-corrected chi connectivity index (χ1v) is 5.35. The number of nitrogens with two attached hydrogens (primary N) is 1. The van der Waals surface area contributed by atoms with Crippen LogP contribution in [0.15, 0.2) is 12.1 Å². The molecule has 3 N–H and O–H groups in total. The smallest absolute Gasteiger partial charge is 0.203 e. The summed E-state index contributed by atoms with van der Waals surface area (Å²) in [5.41, 5.74) is 6.53. The van der Waals surface area contributed by atoms with E-state index in [9.17, 15) is 5.11 Å². The van der Waals surface area contributed by atoms with Gasteiger partial charge in [-0.3, -0.25) is 0 Å². The summed E-state index contributed by atoms with van der Waals surface area (Å²) in [6, 6.07) is 3.59. The van der Waals surface area contributed by atoms with Crippen LogP contribution in [0.2, 0.25) is 0 Å². The Kier molecular flexibility index (Phi) is 2.68. The summed E-state index contributed by atoms with van der Waals surface area (Å²) < 4.78 is 10.3. The van der Waals surface area contributed by atoms with Gasteiger partial charge >= 0.3 is 0 Å². The first kappa shape index (κ1) is 11.1. The zero-order valence-electron chi connectivity index (χ0n) is 9.62. The summed E-state index contributed by atoms with van der Waals surface area (Å²) in [5.74, 6) is 0.979. The molecule has 0 unspecified atom stereocenters. The highest BCUT2D eigenvalue weighted by Crippen LogP contribution is 2.48. The van der Waals surface area contributed by atoms with Gasteiger partial charge in [-0.1, -0.05) is 0 Å². The molecule has 4 heteroatoms. The molecule has 1 aromatic rings. The van der Waals surface area contributed by atoms with Gasteiger partial charge in [0.1, 0.15) is 0 Å². The Morgan fingerprint density at radius 1 is 1.25 bits per heavy atom. The van der Waals surface area contributed by atoms with Gasteiger partial charge in [0, 0.05) is 11.1 Å². The molecule has 88 valence electrons. The predicted octanol–water partition coefficient (Wildman–Crippen LogP) is 1.75. The third kappa shape index (κ3) is 1.50. The average Bonchev–Trinajstić information content (AvgIpc) is 2.25. The monoisotopic (exact) mass is 223 g/mol. The van der Waals surface area contributed by atoms with E-state index in [0.29, 0.717) is 11.5 Å². The van der Waals surface area contributed by atoms with E-state index in [-0.39, 0.29) is 5.75 Å². The zero-order chi connectivity index (χ0) is 11.8. The summed E-state index contributed by atoms with van der Waals surface area (Å²) in [5, 5.41) is 10.1. The van der Waals surface area contributed by atoms with Crippen LogP contribution in [0.5, 0.6) is 17.2 Å². The van der Waals surface area contributed by atoms with Gasteiger partial charge in [-0.05, 0) is 31.4 Å². The fourth-order valence-corrected chi connectivity index (χ4v) is 2.14. The Labute approximate surface area is 95.0 Å². The molecule has 0 radical (unpaired) electrons. The SMILES string of the molecule is COc1ccc(C2(N)CCC2)c(O)c1OC. The lowest BCUT2D eigenvalue weighted by Gasteiger charge is -2.39. The van der Waals surface area contributed by atoms with Crippen LogP contribution >= 0.6 is 0 Å². The Hall–Kier alpha value is -1.42. The molecule has 0 atom stereocenters. The molecule has 1 aliphatic rings. The van der Waals surface area contributed by atoms with Gasteiger partial charge in [0.15, 0.2) is 11.5 Å². The third-order valence-corrected chi connectivity index (χ3v) is 3.30. The highest BCUT2D eigenvalue weighted by atomic mass is 16.5. The van der Waals surface area contributed by atoms with Gasteiger partial charge in [-0.15, -0.1) is 0 Å². The van der Waals surface area contributed by atoms with Gasteiger partial charge in [0.05, 0.1) is 14.2 Å². The quantitative estimate of drug-likeness (QED) is 0.819. The van der Waals surface area contributed by atoms with Crippen molar-refractivity contribution in [2.75, 3.05) is 14.2 Å². The summed E-state index contributed by atoms with van der Waals surface area (Å²) in [6.45, 7) is 0. The van der Waals surface area contributed by atoms with Crippen molar-refractivity contribution in [2.45, 2.75) is 24.8 Å². The van der Waals surface area contributed by atoms with E-state index in [2.05, 4.69) is 0 Å². The molecule has 1 saturated carbocycles. The molecule has 1 aliphatic carbocycles. The average molecular weight is 223 g/mol. The van der Waals surface area contributed by atoms with E-state index in [4.69, 9.17) is 15.2 Å². The van der Waals surface area contributed by atoms with E-state index in [0.717, 1.165) is 24.8 Å². The predicted molar refractivity (Wildman–Crippen MR) is 60.9 cm³/mol. The largest absolute Gasteiger partial charge is 0.504 e. The molecule has 0 amide bonds. The molecule has 0 aromatic heterocycles. The van der Waals surface area contributed by atoms with E-state index < -0.39 is 5.54 Å². The number of phenols is 1. The van der Waals surface area contributed by atoms with Crippen LogP contribution in [0.3, 0.4) is 0 Å². The van der Waals surface area contributed by atoms with Gasteiger partial charge in [0.25, 0.3) is 0 Å². The van der Waals surface area contributed by atoms with Crippen molar-refractivity contribution in [3.8, 4) is 17.2 Å². The zero-order valence-corrected chi connectivity index (χ0v) is 9.62. The molecule has 0 bridgehead atoms. The van der Waals surface area contributed by atoms with E-state index in [1.807, 2.05) is 6.07 Å². The molecule has 1 aromatic carbocycles. The number of phenolic OH excluding ortho intramolecular Hbond substituents is 1. The van der Waals surface area contributed by atoms with Crippen LogP contribution in [0.4, 0.5) is 0 Å². The Balaban J connectivity index is 2.48. The number of ether oxygens (including phenoxy) is 2. The summed E-state index contributed by atoms with van der Waals surface area (Å²) in [4.78, 5) is 0. The fourth-order valence-electron chi connectivity index (χ4n) is 2.14. The molecule has 2 rings (SSSR count). The first-order chi connectivity index (χ1) is 7.62. The maximum Gasteiger partial charge on any atom is 0.203 e. The summed E-state index contributed by atoms with van der Waals surface area (Å²) >= 11 is 0. The van der Waals surface area contributed by atoms with Crippen LogP contribution in [-0.4, -0.2) is 19.3 Å². The van der Waals surface area contributed by atoms with E-state index >= 15 is 0 Å². The molecule has 1 fully saturated rings. The van der Waals surface area contributed by atoms with Gasteiger partial charge < -0.3 is 20.3 Å². The second kappa shape index (κ2) is 3.87. The van der Waals surface area contributed by atoms with Crippen LogP contribution in [0, 0.1) is 0 Å². The molecule has 0 saturated heterocycles. The summed E-state index contributed by atoms with van der Waals surface area (Å²) in [7, 11) is 3.05. The van der Waals surface area contributed by atoms with Crippen molar-refractivity contribution < 1.29 is 14.6 Å². The number of benzene rings is 1.